The first kappa shape index (κ1) is 19.5. The Labute approximate surface area is 173 Å². The van der Waals surface area contributed by atoms with Crippen LogP contribution in [-0.2, 0) is 22.7 Å². The number of halogens is 1. The highest BCUT2D eigenvalue weighted by Gasteiger charge is 2.33. The van der Waals surface area contributed by atoms with Crippen molar-refractivity contribution in [3.05, 3.63) is 53.1 Å². The smallest absolute Gasteiger partial charge is 0.325 e. The molecule has 1 N–H and O–H groups in total. The Kier molecular flexibility index (Phi) is 5.28. The van der Waals surface area contributed by atoms with Crippen LogP contribution in [0.2, 0.25) is 5.02 Å². The van der Waals surface area contributed by atoms with Gasteiger partial charge in [0.05, 0.1) is 5.52 Å². The predicted octanol–water partition coefficient (Wildman–Crippen LogP) is 4.20. The van der Waals surface area contributed by atoms with Gasteiger partial charge in [-0.1, -0.05) is 35.9 Å². The second kappa shape index (κ2) is 7.87. The van der Waals surface area contributed by atoms with Gasteiger partial charge in [0.2, 0.25) is 5.91 Å². The van der Waals surface area contributed by atoms with Crippen LogP contribution in [0, 0.1) is 5.92 Å². The summed E-state index contributed by atoms with van der Waals surface area (Å²) in [6.07, 6.45) is 1.94. The molecule has 0 spiro atoms. The van der Waals surface area contributed by atoms with E-state index in [1.807, 2.05) is 36.1 Å². The lowest BCUT2D eigenvalue weighted by Gasteiger charge is -2.22. The summed E-state index contributed by atoms with van der Waals surface area (Å²) in [7, 11) is 0. The van der Waals surface area contributed by atoms with Gasteiger partial charge in [0.15, 0.2) is 0 Å². The zero-order valence-corrected chi connectivity index (χ0v) is 16.9. The number of aliphatic carboxylic acids is 1. The van der Waals surface area contributed by atoms with E-state index in [2.05, 4.69) is 5.10 Å². The number of benzene rings is 2. The normalized spacial score (nSPS) is 13.6. The van der Waals surface area contributed by atoms with Gasteiger partial charge in [0.1, 0.15) is 12.2 Å². The van der Waals surface area contributed by atoms with Gasteiger partial charge < -0.3 is 10.0 Å². The SMILES string of the molecule is CCN(Cc1ccccc1-c1nn(CC(=O)O)c2ccc(Cl)cc12)C(=O)C1CC1. The summed E-state index contributed by atoms with van der Waals surface area (Å²) in [5.41, 5.74) is 3.24. The van der Waals surface area contributed by atoms with Crippen molar-refractivity contribution >= 4 is 34.4 Å². The maximum Gasteiger partial charge on any atom is 0.325 e. The molecule has 0 atom stereocenters. The Morgan fingerprint density at radius 1 is 1.24 bits per heavy atom. The third-order valence-corrected chi connectivity index (χ3v) is 5.49. The average Bonchev–Trinajstić information content (AvgIpc) is 3.49. The van der Waals surface area contributed by atoms with Crippen LogP contribution in [0.25, 0.3) is 22.2 Å². The number of aromatic nitrogens is 2. The van der Waals surface area contributed by atoms with E-state index in [9.17, 15) is 14.7 Å². The molecule has 3 aromatic rings. The van der Waals surface area contributed by atoms with Crippen LogP contribution >= 0.6 is 11.6 Å². The summed E-state index contributed by atoms with van der Waals surface area (Å²) in [5.74, 6) is -0.598. The Morgan fingerprint density at radius 3 is 2.69 bits per heavy atom. The van der Waals surface area contributed by atoms with Gasteiger partial charge >= 0.3 is 5.97 Å². The molecule has 1 aliphatic carbocycles. The molecule has 0 saturated heterocycles. The molecule has 2 aromatic carbocycles. The third kappa shape index (κ3) is 3.98. The van der Waals surface area contributed by atoms with Gasteiger partial charge in [0.25, 0.3) is 0 Å². The molecule has 4 rings (SSSR count). The molecule has 1 aliphatic rings. The van der Waals surface area contributed by atoms with Crippen molar-refractivity contribution in [2.24, 2.45) is 5.92 Å². The molecular formula is C22H22ClN3O3. The van der Waals surface area contributed by atoms with E-state index >= 15 is 0 Å². The van der Waals surface area contributed by atoms with Crippen LogP contribution in [0.3, 0.4) is 0 Å². The van der Waals surface area contributed by atoms with Gasteiger partial charge in [0, 0.05) is 35.0 Å². The third-order valence-electron chi connectivity index (χ3n) is 5.25. The van der Waals surface area contributed by atoms with Gasteiger partial charge in [-0.15, -0.1) is 0 Å². The molecule has 0 aliphatic heterocycles. The second-order valence-electron chi connectivity index (χ2n) is 7.35. The van der Waals surface area contributed by atoms with Crippen molar-refractivity contribution in [1.82, 2.24) is 14.7 Å². The maximum absolute atomic E-state index is 12.6. The molecule has 1 fully saturated rings. The van der Waals surface area contributed by atoms with E-state index in [0.717, 1.165) is 29.4 Å². The van der Waals surface area contributed by atoms with E-state index in [1.54, 1.807) is 18.2 Å². The van der Waals surface area contributed by atoms with Crippen molar-refractivity contribution in [2.75, 3.05) is 6.54 Å². The average molecular weight is 412 g/mol. The summed E-state index contributed by atoms with van der Waals surface area (Å²) in [6, 6.07) is 13.1. The van der Waals surface area contributed by atoms with E-state index in [-0.39, 0.29) is 18.4 Å². The number of fused-ring (bicyclic) bond motifs is 1. The fourth-order valence-corrected chi connectivity index (χ4v) is 3.80. The summed E-state index contributed by atoms with van der Waals surface area (Å²) in [4.78, 5) is 25.8. The topological polar surface area (TPSA) is 75.4 Å². The largest absolute Gasteiger partial charge is 0.480 e. The molecule has 6 nitrogen and oxygen atoms in total. The van der Waals surface area contributed by atoms with Crippen molar-refractivity contribution in [3.8, 4) is 11.3 Å². The number of carbonyl (C=O) groups is 2. The minimum atomic E-state index is -0.962. The number of carbonyl (C=O) groups excluding carboxylic acids is 1. The van der Waals surface area contributed by atoms with E-state index in [4.69, 9.17) is 11.6 Å². The maximum atomic E-state index is 12.6. The fraction of sp³-hybridized carbons (Fsp3) is 0.318. The lowest BCUT2D eigenvalue weighted by Crippen LogP contribution is -2.31. The Hall–Kier alpha value is -2.86. The molecule has 0 bridgehead atoms. The van der Waals surface area contributed by atoms with Gasteiger partial charge in [-0.3, -0.25) is 14.3 Å². The van der Waals surface area contributed by atoms with Crippen molar-refractivity contribution in [3.63, 3.8) is 0 Å². The quantitative estimate of drug-likeness (QED) is 0.632. The molecule has 1 aromatic heterocycles. The molecule has 1 amide bonds. The lowest BCUT2D eigenvalue weighted by atomic mass is 10.0. The highest BCUT2D eigenvalue weighted by molar-refractivity contribution is 6.31. The van der Waals surface area contributed by atoms with Crippen LogP contribution < -0.4 is 0 Å². The summed E-state index contributed by atoms with van der Waals surface area (Å²) >= 11 is 6.22. The van der Waals surface area contributed by atoms with E-state index in [1.165, 1.54) is 4.68 Å². The number of nitrogens with zero attached hydrogens (tertiary/aromatic N) is 3. The zero-order valence-electron chi connectivity index (χ0n) is 16.1. The van der Waals surface area contributed by atoms with E-state index < -0.39 is 5.97 Å². The van der Waals surface area contributed by atoms with Crippen LogP contribution in [0.5, 0.6) is 0 Å². The number of hydrogen-bond donors (Lipinski definition) is 1. The van der Waals surface area contributed by atoms with Crippen LogP contribution in [0.15, 0.2) is 42.5 Å². The monoisotopic (exact) mass is 411 g/mol. The first-order valence-corrected chi connectivity index (χ1v) is 10.1. The molecule has 1 saturated carbocycles. The van der Waals surface area contributed by atoms with Gasteiger partial charge in [-0.25, -0.2) is 0 Å². The Morgan fingerprint density at radius 2 is 2.00 bits per heavy atom. The Bertz CT molecular complexity index is 1090. The van der Waals surface area contributed by atoms with Crippen LogP contribution in [0.4, 0.5) is 0 Å². The number of hydrogen-bond acceptors (Lipinski definition) is 3. The lowest BCUT2D eigenvalue weighted by molar-refractivity contribution is -0.137. The minimum Gasteiger partial charge on any atom is -0.480 e. The van der Waals surface area contributed by atoms with Gasteiger partial charge in [-0.2, -0.15) is 5.10 Å². The van der Waals surface area contributed by atoms with Crippen LogP contribution in [-0.4, -0.2) is 38.2 Å². The van der Waals surface area contributed by atoms with Crippen molar-refractivity contribution < 1.29 is 14.7 Å². The van der Waals surface area contributed by atoms with Gasteiger partial charge in [-0.05, 0) is 43.5 Å². The Balaban J connectivity index is 1.79. The highest BCUT2D eigenvalue weighted by atomic mass is 35.5. The molecule has 1 heterocycles. The molecule has 150 valence electrons. The summed E-state index contributed by atoms with van der Waals surface area (Å²) in [5, 5.41) is 15.2. The fourth-order valence-electron chi connectivity index (χ4n) is 3.63. The second-order valence-corrected chi connectivity index (χ2v) is 7.78. The predicted molar refractivity (Wildman–Crippen MR) is 112 cm³/mol. The molecular weight excluding hydrogens is 390 g/mol. The molecule has 7 heteroatoms. The standard InChI is InChI=1S/C22H22ClN3O3/c1-2-25(22(29)14-7-8-14)12-15-5-3-4-6-17(15)21-18-11-16(23)9-10-19(18)26(24-21)13-20(27)28/h3-6,9-11,14H,2,7-8,12-13H2,1H3,(H,27,28). The minimum absolute atomic E-state index is 0.163. The molecule has 0 radical (unpaired) electrons. The van der Waals surface area contributed by atoms with Crippen molar-refractivity contribution in [1.29, 1.82) is 0 Å². The highest BCUT2D eigenvalue weighted by Crippen LogP contribution is 2.34. The number of amides is 1. The zero-order chi connectivity index (χ0) is 20.5. The van der Waals surface area contributed by atoms with E-state index in [0.29, 0.717) is 29.3 Å². The summed E-state index contributed by atoms with van der Waals surface area (Å²) in [6.45, 7) is 2.89. The van der Waals surface area contributed by atoms with Crippen LogP contribution in [0.1, 0.15) is 25.3 Å². The number of carboxylic acids is 1. The number of carboxylic acid groups (broad SMARTS) is 1. The molecule has 29 heavy (non-hydrogen) atoms. The number of rotatable bonds is 7. The summed E-state index contributed by atoms with van der Waals surface area (Å²) < 4.78 is 1.48. The first-order valence-electron chi connectivity index (χ1n) is 9.73. The first-order chi connectivity index (χ1) is 14.0. The van der Waals surface area contributed by atoms with Crippen molar-refractivity contribution in [2.45, 2.75) is 32.9 Å². The molecule has 0 unspecified atom stereocenters.